The van der Waals surface area contributed by atoms with E-state index in [1.165, 1.54) is 13.8 Å². The Balaban J connectivity index is 4.81. The van der Waals surface area contributed by atoms with E-state index in [0.29, 0.717) is 0 Å². The Labute approximate surface area is 112 Å². The molecule has 7 heteroatoms. The van der Waals surface area contributed by atoms with E-state index in [9.17, 15) is 14.4 Å². The molecule has 0 unspecified atom stereocenters. The van der Waals surface area contributed by atoms with Crippen LogP contribution in [0.15, 0.2) is 0 Å². The van der Waals surface area contributed by atoms with Crippen LogP contribution in [0.5, 0.6) is 0 Å². The molecule has 0 saturated carbocycles. The molecule has 7 nitrogen and oxygen atoms in total. The van der Waals surface area contributed by atoms with Gasteiger partial charge < -0.3 is 20.9 Å². The summed E-state index contributed by atoms with van der Waals surface area (Å²) in [4.78, 5) is 33.8. The molecule has 0 spiro atoms. The van der Waals surface area contributed by atoms with Gasteiger partial charge in [0.15, 0.2) is 0 Å². The van der Waals surface area contributed by atoms with Gasteiger partial charge in [0.1, 0.15) is 11.6 Å². The van der Waals surface area contributed by atoms with Crippen molar-refractivity contribution in [2.24, 2.45) is 17.6 Å². The number of amides is 2. The number of carboxylic acids is 1. The van der Waals surface area contributed by atoms with Crippen molar-refractivity contribution >= 4 is 18.0 Å². The SMILES string of the molecule is C[C@H]([C@H](C)C(N)=O)[C@H](NC(=O)OC(C)(C)C)C(=O)O. The summed E-state index contributed by atoms with van der Waals surface area (Å²) >= 11 is 0. The quantitative estimate of drug-likeness (QED) is 0.682. The van der Waals surface area contributed by atoms with Crippen LogP contribution in [0.25, 0.3) is 0 Å². The zero-order valence-corrected chi connectivity index (χ0v) is 11.9. The fraction of sp³-hybridized carbons (Fsp3) is 0.750. The minimum absolute atomic E-state index is 0.621. The van der Waals surface area contributed by atoms with Crippen LogP contribution in [-0.2, 0) is 14.3 Å². The third kappa shape index (κ3) is 6.08. The Hall–Kier alpha value is -1.79. The number of aliphatic carboxylic acids is 1. The minimum atomic E-state index is -1.24. The first-order valence-corrected chi connectivity index (χ1v) is 5.97. The van der Waals surface area contributed by atoms with Crippen molar-refractivity contribution in [3.8, 4) is 0 Å². The average Bonchev–Trinajstić information content (AvgIpc) is 2.20. The number of nitrogens with two attached hydrogens (primary N) is 1. The fourth-order valence-electron chi connectivity index (χ4n) is 1.40. The molecular weight excluding hydrogens is 252 g/mol. The van der Waals surface area contributed by atoms with Crippen LogP contribution < -0.4 is 11.1 Å². The Morgan fingerprint density at radius 3 is 2.00 bits per heavy atom. The number of hydrogen-bond donors (Lipinski definition) is 3. The number of carbonyl (C=O) groups is 3. The lowest BCUT2D eigenvalue weighted by Gasteiger charge is -2.26. The van der Waals surface area contributed by atoms with Crippen molar-refractivity contribution in [2.45, 2.75) is 46.3 Å². The van der Waals surface area contributed by atoms with E-state index in [4.69, 9.17) is 15.6 Å². The molecule has 0 aromatic heterocycles. The maximum Gasteiger partial charge on any atom is 0.408 e. The first kappa shape index (κ1) is 17.2. The molecule has 0 aliphatic rings. The number of carboxylic acid groups (broad SMARTS) is 1. The molecule has 0 aromatic rings. The molecule has 19 heavy (non-hydrogen) atoms. The first-order valence-electron chi connectivity index (χ1n) is 5.97. The van der Waals surface area contributed by atoms with E-state index in [-0.39, 0.29) is 0 Å². The number of alkyl carbamates (subject to hydrolysis) is 1. The highest BCUT2D eigenvalue weighted by Gasteiger charge is 2.33. The molecule has 2 amide bonds. The van der Waals surface area contributed by atoms with Crippen LogP contribution in [0, 0.1) is 11.8 Å². The average molecular weight is 274 g/mol. The highest BCUT2D eigenvalue weighted by molar-refractivity contribution is 5.82. The molecule has 0 aliphatic carbocycles. The van der Waals surface area contributed by atoms with Gasteiger partial charge in [-0.1, -0.05) is 13.8 Å². The van der Waals surface area contributed by atoms with Crippen molar-refractivity contribution < 1.29 is 24.2 Å². The van der Waals surface area contributed by atoms with E-state index in [1.807, 2.05) is 0 Å². The van der Waals surface area contributed by atoms with E-state index in [1.54, 1.807) is 20.8 Å². The summed E-state index contributed by atoms with van der Waals surface area (Å²) in [6.45, 7) is 8.04. The van der Waals surface area contributed by atoms with E-state index in [0.717, 1.165) is 0 Å². The Morgan fingerprint density at radius 2 is 1.68 bits per heavy atom. The molecule has 0 rings (SSSR count). The van der Waals surface area contributed by atoms with Gasteiger partial charge in [0.05, 0.1) is 0 Å². The van der Waals surface area contributed by atoms with Crippen LogP contribution in [0.4, 0.5) is 4.79 Å². The molecule has 0 heterocycles. The molecular formula is C12H22N2O5. The van der Waals surface area contributed by atoms with E-state index < -0.39 is 41.4 Å². The fourth-order valence-corrected chi connectivity index (χ4v) is 1.40. The summed E-state index contributed by atoms with van der Waals surface area (Å²) in [7, 11) is 0. The van der Waals surface area contributed by atoms with Gasteiger partial charge in [-0.15, -0.1) is 0 Å². The van der Waals surface area contributed by atoms with Gasteiger partial charge in [0.25, 0.3) is 0 Å². The van der Waals surface area contributed by atoms with Crippen molar-refractivity contribution in [1.82, 2.24) is 5.32 Å². The van der Waals surface area contributed by atoms with Gasteiger partial charge in [-0.3, -0.25) is 4.79 Å². The van der Waals surface area contributed by atoms with Crippen LogP contribution in [-0.4, -0.2) is 34.7 Å². The molecule has 3 atom stereocenters. The Morgan fingerprint density at radius 1 is 1.21 bits per heavy atom. The second-order valence-electron chi connectivity index (χ2n) is 5.51. The number of nitrogens with one attached hydrogen (secondary N) is 1. The summed E-state index contributed by atoms with van der Waals surface area (Å²) in [5, 5.41) is 11.3. The highest BCUT2D eigenvalue weighted by Crippen LogP contribution is 2.16. The molecule has 4 N–H and O–H groups in total. The second-order valence-corrected chi connectivity index (χ2v) is 5.51. The molecule has 0 bridgehead atoms. The van der Waals surface area contributed by atoms with Crippen molar-refractivity contribution in [3.05, 3.63) is 0 Å². The Bertz CT molecular complexity index is 362. The maximum atomic E-state index is 11.6. The van der Waals surface area contributed by atoms with Gasteiger partial charge >= 0.3 is 12.1 Å². The molecule has 110 valence electrons. The molecule has 0 saturated heterocycles. The number of hydrogen-bond acceptors (Lipinski definition) is 4. The third-order valence-corrected chi connectivity index (χ3v) is 2.70. The van der Waals surface area contributed by atoms with Crippen molar-refractivity contribution in [1.29, 1.82) is 0 Å². The predicted octanol–water partition coefficient (Wildman–Crippen LogP) is 0.722. The molecule has 0 fully saturated rings. The van der Waals surface area contributed by atoms with Gasteiger partial charge in [-0.05, 0) is 26.7 Å². The number of primary amides is 1. The summed E-state index contributed by atoms with van der Waals surface area (Å²) in [6.07, 6.45) is -0.844. The van der Waals surface area contributed by atoms with Crippen molar-refractivity contribution in [2.75, 3.05) is 0 Å². The normalized spacial score (nSPS) is 16.1. The third-order valence-electron chi connectivity index (χ3n) is 2.70. The Kier molecular flexibility index (Phi) is 5.80. The number of rotatable bonds is 5. The lowest BCUT2D eigenvalue weighted by molar-refractivity contribution is -0.141. The van der Waals surface area contributed by atoms with E-state index >= 15 is 0 Å². The highest BCUT2D eigenvalue weighted by atomic mass is 16.6. The predicted molar refractivity (Wildman–Crippen MR) is 68.3 cm³/mol. The van der Waals surface area contributed by atoms with E-state index in [2.05, 4.69) is 5.32 Å². The van der Waals surface area contributed by atoms with Crippen LogP contribution in [0.3, 0.4) is 0 Å². The lowest BCUT2D eigenvalue weighted by atomic mass is 9.88. The van der Waals surface area contributed by atoms with Crippen LogP contribution in [0.2, 0.25) is 0 Å². The minimum Gasteiger partial charge on any atom is -0.480 e. The summed E-state index contributed by atoms with van der Waals surface area (Å²) < 4.78 is 4.98. The molecule has 0 radical (unpaired) electrons. The molecule has 0 aromatic carbocycles. The molecule has 0 aliphatic heterocycles. The van der Waals surface area contributed by atoms with Crippen LogP contribution >= 0.6 is 0 Å². The first-order chi connectivity index (χ1) is 8.45. The number of ether oxygens (including phenoxy) is 1. The topological polar surface area (TPSA) is 119 Å². The summed E-state index contributed by atoms with van der Waals surface area (Å²) in [5.41, 5.74) is 4.40. The van der Waals surface area contributed by atoms with Gasteiger partial charge in [0, 0.05) is 5.92 Å². The maximum absolute atomic E-state index is 11.6. The summed E-state index contributed by atoms with van der Waals surface area (Å²) in [5.74, 6) is -3.20. The summed E-state index contributed by atoms with van der Waals surface area (Å²) in [6, 6.07) is -1.24. The van der Waals surface area contributed by atoms with Crippen LogP contribution in [0.1, 0.15) is 34.6 Å². The van der Waals surface area contributed by atoms with Gasteiger partial charge in [0.2, 0.25) is 5.91 Å². The monoisotopic (exact) mass is 274 g/mol. The van der Waals surface area contributed by atoms with Crippen molar-refractivity contribution in [3.63, 3.8) is 0 Å². The van der Waals surface area contributed by atoms with Gasteiger partial charge in [-0.2, -0.15) is 0 Å². The largest absolute Gasteiger partial charge is 0.480 e. The van der Waals surface area contributed by atoms with Gasteiger partial charge in [-0.25, -0.2) is 9.59 Å². The standard InChI is InChI=1S/C12H22N2O5/c1-6(7(2)9(13)15)8(10(16)17)14-11(18)19-12(3,4)5/h6-8H,1-5H3,(H2,13,15)(H,14,18)(H,16,17)/t6-,7+,8+/m1/s1. The zero-order chi connectivity index (χ0) is 15.4. The smallest absolute Gasteiger partial charge is 0.408 e. The number of carbonyl (C=O) groups excluding carboxylic acids is 2. The zero-order valence-electron chi connectivity index (χ0n) is 11.9. The lowest BCUT2D eigenvalue weighted by Crippen LogP contribution is -2.50. The second kappa shape index (κ2) is 6.40.